The van der Waals surface area contributed by atoms with E-state index in [9.17, 15) is 9.59 Å². The maximum absolute atomic E-state index is 12.9. The highest BCUT2D eigenvalue weighted by Crippen LogP contribution is 2.69. The molecule has 0 aromatic heterocycles. The van der Waals surface area contributed by atoms with Gasteiger partial charge in [0.1, 0.15) is 7.11 Å². The first kappa shape index (κ1) is 21.8. The number of hydrogen-bond acceptors (Lipinski definition) is 5. The van der Waals surface area contributed by atoms with Gasteiger partial charge < -0.3 is 9.57 Å². The van der Waals surface area contributed by atoms with Crippen molar-refractivity contribution in [3.63, 3.8) is 0 Å². The van der Waals surface area contributed by atoms with Crippen molar-refractivity contribution in [1.82, 2.24) is 0 Å². The van der Waals surface area contributed by atoms with Crippen molar-refractivity contribution >= 4 is 17.5 Å². The highest BCUT2D eigenvalue weighted by atomic mass is 16.6. The van der Waals surface area contributed by atoms with Crippen LogP contribution in [0, 0.1) is 40.4 Å². The molecule has 8 atom stereocenters. The smallest absolute Gasteiger partial charge is 0.303 e. The molecule has 0 aromatic carbocycles. The molecule has 0 aliphatic heterocycles. The molecular weight excluding hydrogens is 378 g/mol. The Bertz CT molecular complexity index is 762. The maximum Gasteiger partial charge on any atom is 0.303 e. The molecule has 0 bridgehead atoms. The Balaban J connectivity index is 1.66. The van der Waals surface area contributed by atoms with Gasteiger partial charge in [-0.2, -0.15) is 0 Å². The van der Waals surface area contributed by atoms with Crippen LogP contribution in [0.25, 0.3) is 0 Å². The Morgan fingerprint density at radius 3 is 2.37 bits per heavy atom. The van der Waals surface area contributed by atoms with E-state index in [0.717, 1.165) is 32.1 Å². The van der Waals surface area contributed by atoms with Crippen molar-refractivity contribution in [3.8, 4) is 0 Å². The van der Waals surface area contributed by atoms with Crippen LogP contribution < -0.4 is 0 Å². The fraction of sp³-hybridized carbons (Fsp3) is 0.880. The summed E-state index contributed by atoms with van der Waals surface area (Å²) in [6.07, 6.45) is 8.26. The lowest BCUT2D eigenvalue weighted by Gasteiger charge is -2.62. The molecule has 0 amide bonds. The standard InChI is InChI=1S/C25H39NO4/c1-15-13-19-20(23(4)10-7-18(26-29-6)14-22(15)23)8-11-24(5)21(19)9-12-25(24,16(2)27)30-17(3)28/h15,19-22H,7-14H2,1-6H3/b26-18+. The van der Waals surface area contributed by atoms with Gasteiger partial charge in [0.2, 0.25) is 0 Å². The molecule has 0 spiro atoms. The van der Waals surface area contributed by atoms with Gasteiger partial charge in [-0.15, -0.1) is 0 Å². The fourth-order valence-corrected chi connectivity index (χ4v) is 8.80. The third-order valence-electron chi connectivity index (χ3n) is 10.1. The van der Waals surface area contributed by atoms with Crippen LogP contribution >= 0.6 is 0 Å². The summed E-state index contributed by atoms with van der Waals surface area (Å²) in [4.78, 5) is 30.0. The molecule has 4 aliphatic carbocycles. The van der Waals surface area contributed by atoms with Crippen molar-refractivity contribution in [2.24, 2.45) is 45.6 Å². The summed E-state index contributed by atoms with van der Waals surface area (Å²) in [6.45, 7) is 10.3. The highest BCUT2D eigenvalue weighted by Gasteiger charge is 2.68. The molecule has 0 heterocycles. The average Bonchev–Trinajstić information content (AvgIpc) is 2.96. The van der Waals surface area contributed by atoms with Gasteiger partial charge in [0.25, 0.3) is 0 Å². The Labute approximate surface area is 181 Å². The third-order valence-corrected chi connectivity index (χ3v) is 10.1. The first-order valence-corrected chi connectivity index (χ1v) is 11.9. The van der Waals surface area contributed by atoms with Gasteiger partial charge in [0, 0.05) is 12.3 Å². The number of ether oxygens (including phenoxy) is 1. The highest BCUT2D eigenvalue weighted by molar-refractivity contribution is 5.89. The zero-order chi connectivity index (χ0) is 21.9. The Morgan fingerprint density at radius 2 is 1.73 bits per heavy atom. The number of rotatable bonds is 3. The minimum Gasteiger partial charge on any atom is -0.451 e. The second kappa shape index (κ2) is 7.34. The molecule has 4 fully saturated rings. The van der Waals surface area contributed by atoms with Crippen molar-refractivity contribution in [2.75, 3.05) is 7.11 Å². The summed E-state index contributed by atoms with van der Waals surface area (Å²) in [7, 11) is 1.65. The molecule has 5 heteroatoms. The predicted molar refractivity (Wildman–Crippen MR) is 116 cm³/mol. The number of esters is 1. The van der Waals surface area contributed by atoms with E-state index in [4.69, 9.17) is 9.57 Å². The molecule has 8 unspecified atom stereocenters. The quantitative estimate of drug-likeness (QED) is 0.469. The lowest BCUT2D eigenvalue weighted by Crippen LogP contribution is -2.60. The Kier molecular flexibility index (Phi) is 5.34. The summed E-state index contributed by atoms with van der Waals surface area (Å²) < 4.78 is 5.89. The average molecular weight is 418 g/mol. The third kappa shape index (κ3) is 2.90. The molecule has 5 nitrogen and oxygen atoms in total. The van der Waals surface area contributed by atoms with Gasteiger partial charge in [0.05, 0.1) is 5.71 Å². The van der Waals surface area contributed by atoms with Gasteiger partial charge >= 0.3 is 5.97 Å². The van der Waals surface area contributed by atoms with Crippen LogP contribution in [-0.4, -0.2) is 30.2 Å². The monoisotopic (exact) mass is 417 g/mol. The normalized spacial score (nSPS) is 49.0. The zero-order valence-electron chi connectivity index (χ0n) is 19.6. The molecule has 4 saturated carbocycles. The van der Waals surface area contributed by atoms with Crippen LogP contribution in [0.3, 0.4) is 0 Å². The molecule has 30 heavy (non-hydrogen) atoms. The number of fused-ring (bicyclic) bond motifs is 5. The van der Waals surface area contributed by atoms with Gasteiger partial charge in [-0.25, -0.2) is 0 Å². The number of oxime groups is 1. The van der Waals surface area contributed by atoms with E-state index in [1.807, 2.05) is 0 Å². The molecule has 0 radical (unpaired) electrons. The summed E-state index contributed by atoms with van der Waals surface area (Å²) in [5.74, 6) is 2.73. The second-order valence-corrected chi connectivity index (χ2v) is 11.2. The number of nitrogens with zero attached hydrogens (tertiary/aromatic N) is 1. The van der Waals surface area contributed by atoms with Crippen LogP contribution in [-0.2, 0) is 19.2 Å². The van der Waals surface area contributed by atoms with Crippen LogP contribution in [0.2, 0.25) is 0 Å². The molecule has 4 rings (SSSR count). The van der Waals surface area contributed by atoms with E-state index in [1.54, 1.807) is 14.0 Å². The molecule has 4 aliphatic rings. The summed E-state index contributed by atoms with van der Waals surface area (Å²) >= 11 is 0. The largest absolute Gasteiger partial charge is 0.451 e. The van der Waals surface area contributed by atoms with Crippen molar-refractivity contribution in [1.29, 1.82) is 0 Å². The topological polar surface area (TPSA) is 65.0 Å². The molecule has 0 aromatic rings. The van der Waals surface area contributed by atoms with E-state index >= 15 is 0 Å². The lowest BCUT2D eigenvalue weighted by atomic mass is 9.42. The number of carbonyl (C=O) groups excluding carboxylic acids is 2. The Morgan fingerprint density at radius 1 is 1.03 bits per heavy atom. The molecule has 0 saturated heterocycles. The van der Waals surface area contributed by atoms with E-state index in [1.165, 1.54) is 25.5 Å². The van der Waals surface area contributed by atoms with Gasteiger partial charge in [-0.3, -0.25) is 9.59 Å². The Hall–Kier alpha value is -1.39. The SMILES string of the molecule is CO/N=C1\CCC2(C)C(C1)C(C)CC1C2CCC2(C)C1CCC2(OC(C)=O)C(C)=O. The van der Waals surface area contributed by atoms with Crippen LogP contribution in [0.1, 0.15) is 86.0 Å². The zero-order valence-corrected chi connectivity index (χ0v) is 19.6. The van der Waals surface area contributed by atoms with E-state index in [2.05, 4.69) is 25.9 Å². The maximum atomic E-state index is 12.9. The second-order valence-electron chi connectivity index (χ2n) is 11.2. The number of Topliss-reactive ketones (excluding diaryl/α,β-unsaturated/α-hetero) is 1. The fourth-order valence-electron chi connectivity index (χ4n) is 8.80. The van der Waals surface area contributed by atoms with Crippen LogP contribution in [0.4, 0.5) is 0 Å². The van der Waals surface area contributed by atoms with Crippen molar-refractivity contribution < 1.29 is 19.2 Å². The molecule has 0 N–H and O–H groups in total. The predicted octanol–water partition coefficient (Wildman–Crippen LogP) is 5.17. The van der Waals surface area contributed by atoms with Gasteiger partial charge in [-0.05, 0) is 93.3 Å². The number of hydrogen-bond donors (Lipinski definition) is 0. The van der Waals surface area contributed by atoms with E-state index in [-0.39, 0.29) is 17.2 Å². The first-order chi connectivity index (χ1) is 14.1. The van der Waals surface area contributed by atoms with Crippen molar-refractivity contribution in [2.45, 2.75) is 91.6 Å². The van der Waals surface area contributed by atoms with Gasteiger partial charge in [0.15, 0.2) is 11.4 Å². The van der Waals surface area contributed by atoms with E-state index in [0.29, 0.717) is 41.4 Å². The van der Waals surface area contributed by atoms with Gasteiger partial charge in [-0.1, -0.05) is 25.9 Å². The summed E-state index contributed by atoms with van der Waals surface area (Å²) in [6, 6.07) is 0. The van der Waals surface area contributed by atoms with E-state index < -0.39 is 5.60 Å². The van der Waals surface area contributed by atoms with Crippen LogP contribution in [0.5, 0.6) is 0 Å². The number of carbonyl (C=O) groups is 2. The minimum absolute atomic E-state index is 0.0344. The summed E-state index contributed by atoms with van der Waals surface area (Å²) in [5.41, 5.74) is 0.364. The first-order valence-electron chi connectivity index (χ1n) is 11.9. The van der Waals surface area contributed by atoms with Crippen LogP contribution in [0.15, 0.2) is 5.16 Å². The lowest BCUT2D eigenvalue weighted by molar-refractivity contribution is -0.192. The van der Waals surface area contributed by atoms with Crippen molar-refractivity contribution in [3.05, 3.63) is 0 Å². The molecular formula is C25H39NO4. The molecule has 168 valence electrons. The summed E-state index contributed by atoms with van der Waals surface area (Å²) in [5, 5.41) is 4.31. The minimum atomic E-state index is -0.930. The number of ketones is 1.